The Morgan fingerprint density at radius 1 is 1.09 bits per heavy atom. The highest BCUT2D eigenvalue weighted by Gasteiger charge is 2.30. The average molecular weight is 520 g/mol. The van der Waals surface area contributed by atoms with Crippen LogP contribution >= 0.6 is 23.2 Å². The second kappa shape index (κ2) is 10.5. The van der Waals surface area contributed by atoms with E-state index in [4.69, 9.17) is 42.1 Å². The van der Waals surface area contributed by atoms with Crippen LogP contribution < -0.4 is 24.8 Å². The number of rotatable bonds is 8. The van der Waals surface area contributed by atoms with Gasteiger partial charge in [0.2, 0.25) is 17.7 Å². The molecule has 1 amide bonds. The Morgan fingerprint density at radius 3 is 2.40 bits per heavy atom. The second-order valence-electron chi connectivity index (χ2n) is 7.54. The van der Waals surface area contributed by atoms with E-state index in [2.05, 4.69) is 32.2 Å². The monoisotopic (exact) mass is 519 g/mol. The summed E-state index contributed by atoms with van der Waals surface area (Å²) in [5.41, 5.74) is 1.33. The summed E-state index contributed by atoms with van der Waals surface area (Å²) in [5, 5.41) is 7.23. The first-order chi connectivity index (χ1) is 16.9. The highest BCUT2D eigenvalue weighted by molar-refractivity contribution is 6.41. The van der Waals surface area contributed by atoms with E-state index in [0.717, 1.165) is 0 Å². The lowest BCUT2D eigenvalue weighted by Gasteiger charge is -2.20. The van der Waals surface area contributed by atoms with Gasteiger partial charge in [0.05, 0.1) is 62.4 Å². The number of nitrogens with one attached hydrogen (secondary N) is 2. The standard InChI is InChI=1S/C23H23Cl2N5O5/c1-5-17(31)27-13-9-35-10-14(13)29-23-26-8-11-6-12(28-22(34-4)21(11)30-23)18-19(24)15(32-2)7-16(33-3)20(18)25/h5-8,13-14H,1,9-10H2,2-4H3,(H,27,31)(H,26,29,30)/t13-,14+/m0/s1. The molecule has 1 saturated heterocycles. The Kier molecular flexibility index (Phi) is 7.44. The van der Waals surface area contributed by atoms with Crippen molar-refractivity contribution in [3.63, 3.8) is 0 Å². The fraction of sp³-hybridized carbons (Fsp3) is 0.304. The van der Waals surface area contributed by atoms with E-state index in [-0.39, 0.29) is 33.9 Å². The molecule has 184 valence electrons. The van der Waals surface area contributed by atoms with E-state index in [0.29, 0.717) is 52.8 Å². The Labute approximate surface area is 211 Å². The third kappa shape index (κ3) is 4.90. The van der Waals surface area contributed by atoms with Crippen LogP contribution in [0, 0.1) is 0 Å². The number of ether oxygens (including phenoxy) is 4. The predicted molar refractivity (Wildman–Crippen MR) is 133 cm³/mol. The first-order valence-corrected chi connectivity index (χ1v) is 11.2. The number of pyridine rings is 1. The molecule has 1 aliphatic rings. The number of aromatic nitrogens is 3. The van der Waals surface area contributed by atoms with Crippen LogP contribution in [0.5, 0.6) is 17.4 Å². The number of amides is 1. The molecule has 0 aliphatic carbocycles. The summed E-state index contributed by atoms with van der Waals surface area (Å²) in [5.74, 6) is 1.07. The van der Waals surface area contributed by atoms with Crippen molar-refractivity contribution >= 4 is 46.0 Å². The molecule has 2 atom stereocenters. The first-order valence-electron chi connectivity index (χ1n) is 10.5. The van der Waals surface area contributed by atoms with Gasteiger partial charge in [0.25, 0.3) is 0 Å². The van der Waals surface area contributed by atoms with Crippen molar-refractivity contribution in [2.75, 3.05) is 39.9 Å². The third-order valence-corrected chi connectivity index (χ3v) is 6.22. The smallest absolute Gasteiger partial charge is 0.243 e. The van der Waals surface area contributed by atoms with E-state index in [9.17, 15) is 4.79 Å². The molecule has 10 nitrogen and oxygen atoms in total. The highest BCUT2D eigenvalue weighted by Crippen LogP contribution is 2.46. The lowest BCUT2D eigenvalue weighted by atomic mass is 10.1. The molecule has 0 radical (unpaired) electrons. The molecule has 0 bridgehead atoms. The Morgan fingerprint density at radius 2 is 1.77 bits per heavy atom. The number of benzene rings is 1. The summed E-state index contributed by atoms with van der Waals surface area (Å²) in [6, 6.07) is 2.87. The average Bonchev–Trinajstić information content (AvgIpc) is 3.29. The van der Waals surface area contributed by atoms with Crippen molar-refractivity contribution < 1.29 is 23.7 Å². The molecule has 12 heteroatoms. The maximum Gasteiger partial charge on any atom is 0.243 e. The minimum absolute atomic E-state index is 0.226. The van der Waals surface area contributed by atoms with Gasteiger partial charge in [-0.2, -0.15) is 0 Å². The third-order valence-electron chi connectivity index (χ3n) is 5.47. The molecule has 0 unspecified atom stereocenters. The minimum atomic E-state index is -0.281. The van der Waals surface area contributed by atoms with Crippen LogP contribution in [0.25, 0.3) is 22.2 Å². The molecule has 1 aliphatic heterocycles. The zero-order valence-electron chi connectivity index (χ0n) is 19.2. The zero-order valence-corrected chi connectivity index (χ0v) is 20.7. The van der Waals surface area contributed by atoms with Crippen molar-refractivity contribution in [3.05, 3.63) is 41.0 Å². The SMILES string of the molecule is C=CC(=O)N[C@H]1COC[C@H]1Nc1ncc2cc(-c3c(Cl)c(OC)cc(OC)c3Cl)nc(OC)c2n1. The molecule has 3 aromatic rings. The number of anilines is 1. The summed E-state index contributed by atoms with van der Waals surface area (Å²) < 4.78 is 21.7. The van der Waals surface area contributed by atoms with E-state index in [1.807, 2.05) is 0 Å². The summed E-state index contributed by atoms with van der Waals surface area (Å²) in [6.45, 7) is 4.22. The number of hydrogen-bond acceptors (Lipinski definition) is 9. The van der Waals surface area contributed by atoms with Gasteiger partial charge in [0.15, 0.2) is 0 Å². The largest absolute Gasteiger partial charge is 0.495 e. The summed E-state index contributed by atoms with van der Waals surface area (Å²) in [6.07, 6.45) is 2.84. The fourth-order valence-electron chi connectivity index (χ4n) is 3.71. The van der Waals surface area contributed by atoms with Crippen molar-refractivity contribution in [2.45, 2.75) is 12.1 Å². The lowest BCUT2D eigenvalue weighted by Crippen LogP contribution is -2.45. The van der Waals surface area contributed by atoms with Crippen molar-refractivity contribution in [1.82, 2.24) is 20.3 Å². The first kappa shape index (κ1) is 24.8. The molecule has 3 heterocycles. The van der Waals surface area contributed by atoms with E-state index < -0.39 is 0 Å². The molecule has 0 saturated carbocycles. The summed E-state index contributed by atoms with van der Waals surface area (Å²) in [4.78, 5) is 25.3. The van der Waals surface area contributed by atoms with Gasteiger partial charge in [-0.15, -0.1) is 0 Å². The minimum Gasteiger partial charge on any atom is -0.495 e. The molecular weight excluding hydrogens is 497 g/mol. The molecule has 2 aromatic heterocycles. The maximum absolute atomic E-state index is 11.7. The number of hydrogen-bond donors (Lipinski definition) is 2. The predicted octanol–water partition coefficient (Wildman–Crippen LogP) is 3.51. The van der Waals surface area contributed by atoms with Crippen LogP contribution in [0.4, 0.5) is 5.95 Å². The highest BCUT2D eigenvalue weighted by atomic mass is 35.5. The van der Waals surface area contributed by atoms with E-state index >= 15 is 0 Å². The number of nitrogens with zero attached hydrogens (tertiary/aromatic N) is 3. The van der Waals surface area contributed by atoms with Gasteiger partial charge < -0.3 is 29.6 Å². The molecule has 2 N–H and O–H groups in total. The normalized spacial score (nSPS) is 17.2. The topological polar surface area (TPSA) is 117 Å². The Balaban J connectivity index is 1.72. The van der Waals surface area contributed by atoms with Gasteiger partial charge in [-0.3, -0.25) is 4.79 Å². The number of methoxy groups -OCH3 is 3. The molecule has 4 rings (SSSR count). The van der Waals surface area contributed by atoms with E-state index in [1.165, 1.54) is 27.4 Å². The van der Waals surface area contributed by atoms with E-state index in [1.54, 1.807) is 18.3 Å². The van der Waals surface area contributed by atoms with Crippen molar-refractivity contribution in [3.8, 4) is 28.6 Å². The fourth-order valence-corrected chi connectivity index (χ4v) is 4.40. The Hall–Kier alpha value is -3.34. The van der Waals surface area contributed by atoms with Crippen LogP contribution in [0.2, 0.25) is 10.0 Å². The van der Waals surface area contributed by atoms with Crippen LogP contribution in [0.1, 0.15) is 0 Å². The van der Waals surface area contributed by atoms with Gasteiger partial charge >= 0.3 is 0 Å². The molecule has 1 aromatic carbocycles. The van der Waals surface area contributed by atoms with Crippen molar-refractivity contribution in [2.24, 2.45) is 0 Å². The number of carbonyl (C=O) groups is 1. The second-order valence-corrected chi connectivity index (χ2v) is 8.30. The molecule has 1 fully saturated rings. The van der Waals surface area contributed by atoms with Gasteiger partial charge in [-0.05, 0) is 12.1 Å². The van der Waals surface area contributed by atoms with Gasteiger partial charge in [-0.1, -0.05) is 29.8 Å². The summed E-state index contributed by atoms with van der Waals surface area (Å²) >= 11 is 13.1. The zero-order chi connectivity index (χ0) is 25.1. The van der Waals surface area contributed by atoms with Crippen molar-refractivity contribution in [1.29, 1.82) is 0 Å². The van der Waals surface area contributed by atoms with Crippen LogP contribution in [-0.2, 0) is 9.53 Å². The lowest BCUT2D eigenvalue weighted by molar-refractivity contribution is -0.117. The summed E-state index contributed by atoms with van der Waals surface area (Å²) in [7, 11) is 4.48. The van der Waals surface area contributed by atoms with Gasteiger partial charge in [0.1, 0.15) is 17.0 Å². The Bertz CT molecular complexity index is 1260. The van der Waals surface area contributed by atoms with Crippen LogP contribution in [0.3, 0.4) is 0 Å². The maximum atomic E-state index is 11.7. The quantitative estimate of drug-likeness (QED) is 0.431. The number of carbonyl (C=O) groups excluding carboxylic acids is 1. The van der Waals surface area contributed by atoms with Crippen LogP contribution in [-0.4, -0.2) is 67.5 Å². The van der Waals surface area contributed by atoms with Gasteiger partial charge in [-0.25, -0.2) is 15.0 Å². The molecular formula is C23H23Cl2N5O5. The van der Waals surface area contributed by atoms with Gasteiger partial charge in [0, 0.05) is 23.2 Å². The number of halogens is 2. The van der Waals surface area contributed by atoms with Crippen LogP contribution in [0.15, 0.2) is 31.0 Å². The molecule has 0 spiro atoms. The number of fused-ring (bicyclic) bond motifs is 1. The molecule has 35 heavy (non-hydrogen) atoms.